The molecule has 0 saturated carbocycles. The minimum atomic E-state index is 0.149. The molecule has 2 N–H and O–H groups in total. The molecule has 108 valence electrons. The first-order chi connectivity index (χ1) is 9.58. The molecule has 3 atom stereocenters. The minimum Gasteiger partial charge on any atom is -0.326 e. The van der Waals surface area contributed by atoms with Gasteiger partial charge in [0, 0.05) is 33.3 Å². The summed E-state index contributed by atoms with van der Waals surface area (Å²) in [6.07, 6.45) is 1.16. The van der Waals surface area contributed by atoms with Crippen molar-refractivity contribution in [1.29, 1.82) is 0 Å². The molecule has 4 heteroatoms. The third-order valence-electron chi connectivity index (χ3n) is 4.23. The Labute approximate surface area is 129 Å². The van der Waals surface area contributed by atoms with Gasteiger partial charge in [-0.25, -0.2) is 0 Å². The molecule has 1 aliphatic heterocycles. The van der Waals surface area contributed by atoms with Gasteiger partial charge in [-0.15, -0.1) is 22.7 Å². The van der Waals surface area contributed by atoms with E-state index in [2.05, 4.69) is 49.3 Å². The van der Waals surface area contributed by atoms with Crippen LogP contribution in [-0.4, -0.2) is 17.5 Å². The van der Waals surface area contributed by atoms with Crippen molar-refractivity contribution < 1.29 is 0 Å². The van der Waals surface area contributed by atoms with E-state index in [1.807, 2.05) is 22.7 Å². The number of rotatable bonds is 3. The maximum atomic E-state index is 6.33. The molecule has 0 bridgehead atoms. The van der Waals surface area contributed by atoms with Crippen LogP contribution in [0.1, 0.15) is 46.1 Å². The third kappa shape index (κ3) is 2.46. The van der Waals surface area contributed by atoms with Crippen molar-refractivity contribution in [3.05, 3.63) is 43.8 Å². The van der Waals surface area contributed by atoms with Crippen molar-refractivity contribution in [3.8, 4) is 0 Å². The number of nitrogens with zero attached hydrogens (tertiary/aromatic N) is 1. The van der Waals surface area contributed by atoms with E-state index < -0.39 is 0 Å². The van der Waals surface area contributed by atoms with Crippen molar-refractivity contribution >= 4 is 22.7 Å². The van der Waals surface area contributed by atoms with Crippen LogP contribution in [0.2, 0.25) is 0 Å². The first kappa shape index (κ1) is 14.3. The van der Waals surface area contributed by atoms with Gasteiger partial charge in [0.25, 0.3) is 0 Å². The smallest absolute Gasteiger partial charge is 0.0596 e. The zero-order valence-corrected chi connectivity index (χ0v) is 13.9. The summed E-state index contributed by atoms with van der Waals surface area (Å²) < 4.78 is 0. The average Bonchev–Trinajstić information content (AvgIpc) is 3.01. The van der Waals surface area contributed by atoms with Gasteiger partial charge >= 0.3 is 0 Å². The number of aryl methyl sites for hydroxylation is 1. The van der Waals surface area contributed by atoms with E-state index in [9.17, 15) is 0 Å². The molecule has 20 heavy (non-hydrogen) atoms. The van der Waals surface area contributed by atoms with Crippen LogP contribution in [-0.2, 0) is 6.42 Å². The predicted molar refractivity (Wildman–Crippen MR) is 88.6 cm³/mol. The average molecular weight is 306 g/mol. The lowest BCUT2D eigenvalue weighted by Crippen LogP contribution is -2.43. The van der Waals surface area contributed by atoms with Crippen molar-refractivity contribution in [2.24, 2.45) is 5.73 Å². The zero-order chi connectivity index (χ0) is 14.3. The summed E-state index contributed by atoms with van der Waals surface area (Å²) >= 11 is 3.78. The molecule has 0 fully saturated rings. The SMILES string of the molecule is Cc1ccc(C(C(C)N)N2CCc3sccc3C2C)s1. The molecule has 0 saturated heterocycles. The summed E-state index contributed by atoms with van der Waals surface area (Å²) in [6, 6.07) is 7.69. The number of thiophene rings is 2. The molecule has 0 aromatic carbocycles. The third-order valence-corrected chi connectivity index (χ3v) is 6.30. The molecule has 0 amide bonds. The molecular formula is C16H22N2S2. The highest BCUT2D eigenvalue weighted by atomic mass is 32.1. The lowest BCUT2D eigenvalue weighted by molar-refractivity contribution is 0.121. The lowest BCUT2D eigenvalue weighted by atomic mass is 9.96. The molecule has 2 aromatic heterocycles. The number of hydrogen-bond donors (Lipinski definition) is 1. The topological polar surface area (TPSA) is 29.3 Å². The fourth-order valence-corrected chi connectivity index (χ4v) is 5.32. The highest BCUT2D eigenvalue weighted by molar-refractivity contribution is 7.12. The first-order valence-electron chi connectivity index (χ1n) is 7.22. The fraction of sp³-hybridized carbons (Fsp3) is 0.500. The Balaban J connectivity index is 1.93. The Morgan fingerprint density at radius 3 is 2.80 bits per heavy atom. The van der Waals surface area contributed by atoms with Gasteiger partial charge in [0.2, 0.25) is 0 Å². The molecular weight excluding hydrogens is 284 g/mol. The second kappa shape index (κ2) is 5.60. The Morgan fingerprint density at radius 1 is 1.35 bits per heavy atom. The van der Waals surface area contributed by atoms with Crippen LogP contribution in [0.15, 0.2) is 23.6 Å². The predicted octanol–water partition coefficient (Wildman–Crippen LogP) is 4.13. The summed E-state index contributed by atoms with van der Waals surface area (Å²) in [6.45, 7) is 7.73. The molecule has 0 spiro atoms. The van der Waals surface area contributed by atoms with E-state index in [1.54, 1.807) is 4.88 Å². The van der Waals surface area contributed by atoms with E-state index in [1.165, 1.54) is 15.3 Å². The van der Waals surface area contributed by atoms with E-state index >= 15 is 0 Å². The number of nitrogens with two attached hydrogens (primary N) is 1. The largest absolute Gasteiger partial charge is 0.326 e. The summed E-state index contributed by atoms with van der Waals surface area (Å²) in [7, 11) is 0. The maximum absolute atomic E-state index is 6.33. The van der Waals surface area contributed by atoms with Crippen molar-refractivity contribution in [2.75, 3.05) is 6.54 Å². The van der Waals surface area contributed by atoms with Crippen molar-refractivity contribution in [2.45, 2.75) is 45.3 Å². The molecule has 1 aliphatic rings. The summed E-state index contributed by atoms with van der Waals surface area (Å²) in [4.78, 5) is 6.92. The summed E-state index contributed by atoms with van der Waals surface area (Å²) in [5, 5.41) is 2.22. The van der Waals surface area contributed by atoms with Crippen LogP contribution in [0, 0.1) is 6.92 Å². The van der Waals surface area contributed by atoms with Crippen molar-refractivity contribution in [1.82, 2.24) is 4.90 Å². The maximum Gasteiger partial charge on any atom is 0.0596 e. The molecule has 0 aliphatic carbocycles. The molecule has 2 aromatic rings. The minimum absolute atomic E-state index is 0.149. The molecule has 3 rings (SSSR count). The molecule has 3 unspecified atom stereocenters. The van der Waals surface area contributed by atoms with Gasteiger partial charge in [-0.05, 0) is 56.3 Å². The first-order valence-corrected chi connectivity index (χ1v) is 8.91. The Morgan fingerprint density at radius 2 is 2.15 bits per heavy atom. The summed E-state index contributed by atoms with van der Waals surface area (Å²) in [5.74, 6) is 0. The van der Waals surface area contributed by atoms with Gasteiger partial charge in [0.1, 0.15) is 0 Å². The number of hydrogen-bond acceptors (Lipinski definition) is 4. The van der Waals surface area contributed by atoms with Crippen LogP contribution in [0.3, 0.4) is 0 Å². The Bertz CT molecular complexity index is 585. The molecule has 0 radical (unpaired) electrons. The van der Waals surface area contributed by atoms with Crippen LogP contribution in [0.4, 0.5) is 0 Å². The van der Waals surface area contributed by atoms with E-state index in [4.69, 9.17) is 5.73 Å². The van der Waals surface area contributed by atoms with Crippen molar-refractivity contribution in [3.63, 3.8) is 0 Å². The Kier molecular flexibility index (Phi) is 4.00. The van der Waals surface area contributed by atoms with E-state index in [-0.39, 0.29) is 6.04 Å². The quantitative estimate of drug-likeness (QED) is 0.924. The monoisotopic (exact) mass is 306 g/mol. The summed E-state index contributed by atoms with van der Waals surface area (Å²) in [5.41, 5.74) is 7.83. The van der Waals surface area contributed by atoms with Crippen LogP contribution < -0.4 is 5.73 Å². The fourth-order valence-electron chi connectivity index (χ4n) is 3.25. The Hall–Kier alpha value is -0.680. The second-order valence-corrected chi connectivity index (χ2v) is 8.04. The van der Waals surface area contributed by atoms with Gasteiger partial charge in [-0.2, -0.15) is 0 Å². The van der Waals surface area contributed by atoms with E-state index in [0.29, 0.717) is 12.1 Å². The lowest BCUT2D eigenvalue weighted by Gasteiger charge is -2.41. The molecule has 3 heterocycles. The standard InChI is InChI=1S/C16H22N2S2/c1-10-4-5-15(20-10)16(11(2)17)18-8-6-14-13(12(18)3)7-9-19-14/h4-5,7,9,11-12,16H,6,8,17H2,1-3H3. The second-order valence-electron chi connectivity index (χ2n) is 5.72. The van der Waals surface area contributed by atoms with Gasteiger partial charge in [-0.3, -0.25) is 4.90 Å². The van der Waals surface area contributed by atoms with Gasteiger partial charge < -0.3 is 5.73 Å². The molecule has 2 nitrogen and oxygen atoms in total. The van der Waals surface area contributed by atoms with Gasteiger partial charge in [0.05, 0.1) is 6.04 Å². The normalized spacial score (nSPS) is 22.5. The van der Waals surface area contributed by atoms with Gasteiger partial charge in [-0.1, -0.05) is 0 Å². The number of fused-ring (bicyclic) bond motifs is 1. The van der Waals surface area contributed by atoms with Crippen LogP contribution in [0.25, 0.3) is 0 Å². The van der Waals surface area contributed by atoms with Gasteiger partial charge in [0.15, 0.2) is 0 Å². The van der Waals surface area contributed by atoms with E-state index in [0.717, 1.165) is 13.0 Å². The highest BCUT2D eigenvalue weighted by Gasteiger charge is 2.33. The highest BCUT2D eigenvalue weighted by Crippen LogP contribution is 2.40. The zero-order valence-electron chi connectivity index (χ0n) is 12.3. The van der Waals surface area contributed by atoms with Crippen LogP contribution >= 0.6 is 22.7 Å². The van der Waals surface area contributed by atoms with Crippen LogP contribution in [0.5, 0.6) is 0 Å².